The zero-order valence-corrected chi connectivity index (χ0v) is 13.3. The molecule has 0 unspecified atom stereocenters. The normalized spacial score (nSPS) is 12.0. The second-order valence-corrected chi connectivity index (χ2v) is 7.00. The van der Waals surface area contributed by atoms with E-state index in [1.165, 1.54) is 6.07 Å². The van der Waals surface area contributed by atoms with Crippen LogP contribution < -0.4 is 10.3 Å². The largest absolute Gasteiger partial charge is 0.322 e. The Balaban J connectivity index is 2.54. The summed E-state index contributed by atoms with van der Waals surface area (Å²) in [7, 11) is -3.52. The molecule has 1 aromatic heterocycles. The van der Waals surface area contributed by atoms with Crippen molar-refractivity contribution in [2.75, 3.05) is 6.54 Å². The highest BCUT2D eigenvalue weighted by Crippen LogP contribution is 2.23. The Labute approximate surface area is 124 Å². The van der Waals surface area contributed by atoms with Crippen molar-refractivity contribution in [1.82, 2.24) is 9.71 Å². The van der Waals surface area contributed by atoms with Crippen LogP contribution in [0.4, 0.5) is 0 Å². The van der Waals surface area contributed by atoms with Crippen molar-refractivity contribution in [2.45, 2.75) is 38.5 Å². The average Bonchev–Trinajstić information content (AvgIpc) is 2.39. The fourth-order valence-electron chi connectivity index (χ4n) is 2.29. The number of pyridine rings is 1. The summed E-state index contributed by atoms with van der Waals surface area (Å²) >= 11 is 0. The Morgan fingerprint density at radius 1 is 1.14 bits per heavy atom. The summed E-state index contributed by atoms with van der Waals surface area (Å²) in [6, 6.07) is 4.68. The van der Waals surface area contributed by atoms with Gasteiger partial charge in [0.05, 0.1) is 10.4 Å². The maximum atomic E-state index is 12.3. The lowest BCUT2D eigenvalue weighted by molar-refractivity contribution is 0.578. The van der Waals surface area contributed by atoms with Gasteiger partial charge in [-0.05, 0) is 43.5 Å². The predicted octanol–water partition coefficient (Wildman–Crippen LogP) is 2.22. The molecule has 1 aromatic carbocycles. The van der Waals surface area contributed by atoms with Crippen LogP contribution in [-0.2, 0) is 10.0 Å². The van der Waals surface area contributed by atoms with E-state index in [-0.39, 0.29) is 10.5 Å². The predicted molar refractivity (Wildman–Crippen MR) is 84.1 cm³/mol. The van der Waals surface area contributed by atoms with Gasteiger partial charge in [0.15, 0.2) is 0 Å². The number of sulfonamides is 1. The molecule has 0 amide bonds. The summed E-state index contributed by atoms with van der Waals surface area (Å²) in [6.45, 7) is 6.04. The van der Waals surface area contributed by atoms with E-state index in [4.69, 9.17) is 0 Å². The number of H-pyrrole nitrogens is 1. The molecule has 0 saturated carbocycles. The van der Waals surface area contributed by atoms with Crippen LogP contribution in [-0.4, -0.2) is 19.9 Å². The van der Waals surface area contributed by atoms with Crippen LogP contribution in [0, 0.1) is 13.8 Å². The van der Waals surface area contributed by atoms with Crippen LogP contribution in [0.15, 0.2) is 27.9 Å². The summed E-state index contributed by atoms with van der Waals surface area (Å²) in [4.78, 5) is 14.5. The van der Waals surface area contributed by atoms with Crippen LogP contribution in [0.2, 0.25) is 0 Å². The molecular weight excluding hydrogens is 288 g/mol. The van der Waals surface area contributed by atoms with Gasteiger partial charge in [-0.2, -0.15) is 0 Å². The standard InChI is InChI=1S/C15H20N2O3S/c1-4-5-6-16-21(19,20)12-7-11(3)15-13(9-12)10(2)8-14(18)17-15/h7-9,16H,4-6H2,1-3H3,(H,17,18). The summed E-state index contributed by atoms with van der Waals surface area (Å²) < 4.78 is 27.2. The molecule has 0 bridgehead atoms. The Bertz CT molecular complexity index is 823. The van der Waals surface area contributed by atoms with Gasteiger partial charge in [0.2, 0.25) is 15.6 Å². The van der Waals surface area contributed by atoms with Gasteiger partial charge in [-0.15, -0.1) is 0 Å². The molecular formula is C15H20N2O3S. The number of benzene rings is 1. The van der Waals surface area contributed by atoms with Gasteiger partial charge in [-0.25, -0.2) is 13.1 Å². The van der Waals surface area contributed by atoms with Crippen LogP contribution in [0.3, 0.4) is 0 Å². The molecule has 2 aromatic rings. The summed E-state index contributed by atoms with van der Waals surface area (Å²) in [5.41, 5.74) is 2.01. The Hall–Kier alpha value is -1.66. The van der Waals surface area contributed by atoms with E-state index in [0.717, 1.165) is 29.4 Å². The van der Waals surface area contributed by atoms with Gasteiger partial charge in [0.1, 0.15) is 0 Å². The lowest BCUT2D eigenvalue weighted by atomic mass is 10.1. The first-order valence-corrected chi connectivity index (χ1v) is 8.47. The maximum Gasteiger partial charge on any atom is 0.248 e. The minimum atomic E-state index is -3.52. The van der Waals surface area contributed by atoms with Crippen molar-refractivity contribution in [2.24, 2.45) is 0 Å². The molecule has 0 atom stereocenters. The van der Waals surface area contributed by atoms with E-state index in [2.05, 4.69) is 9.71 Å². The number of nitrogens with one attached hydrogen (secondary N) is 2. The molecule has 21 heavy (non-hydrogen) atoms. The van der Waals surface area contributed by atoms with Gasteiger partial charge in [0.25, 0.3) is 0 Å². The maximum absolute atomic E-state index is 12.3. The van der Waals surface area contributed by atoms with Crippen LogP contribution >= 0.6 is 0 Å². The van der Waals surface area contributed by atoms with Gasteiger partial charge in [-0.3, -0.25) is 4.79 Å². The van der Waals surface area contributed by atoms with Gasteiger partial charge in [-0.1, -0.05) is 13.3 Å². The molecule has 2 N–H and O–H groups in total. The Morgan fingerprint density at radius 3 is 2.52 bits per heavy atom. The monoisotopic (exact) mass is 308 g/mol. The molecule has 0 aliphatic rings. The first-order chi connectivity index (χ1) is 9.85. The van der Waals surface area contributed by atoms with Crippen molar-refractivity contribution in [3.8, 4) is 0 Å². The molecule has 0 aliphatic heterocycles. The SMILES string of the molecule is CCCCNS(=O)(=O)c1cc(C)c2[nH]c(=O)cc(C)c2c1. The van der Waals surface area contributed by atoms with Gasteiger partial charge < -0.3 is 4.98 Å². The molecule has 0 radical (unpaired) electrons. The first kappa shape index (κ1) is 15.7. The van der Waals surface area contributed by atoms with Crippen molar-refractivity contribution in [3.63, 3.8) is 0 Å². The molecule has 0 aliphatic carbocycles. The summed E-state index contributed by atoms with van der Waals surface area (Å²) in [6.07, 6.45) is 1.73. The average molecular weight is 308 g/mol. The number of aromatic nitrogens is 1. The van der Waals surface area contributed by atoms with Crippen LogP contribution in [0.5, 0.6) is 0 Å². The highest BCUT2D eigenvalue weighted by molar-refractivity contribution is 7.89. The number of fused-ring (bicyclic) bond motifs is 1. The zero-order valence-electron chi connectivity index (χ0n) is 12.5. The second-order valence-electron chi connectivity index (χ2n) is 5.23. The molecule has 1 heterocycles. The number of hydrogen-bond acceptors (Lipinski definition) is 3. The molecule has 0 spiro atoms. The second kappa shape index (κ2) is 5.99. The van der Waals surface area contributed by atoms with Crippen molar-refractivity contribution >= 4 is 20.9 Å². The highest BCUT2D eigenvalue weighted by Gasteiger charge is 2.16. The van der Waals surface area contributed by atoms with Gasteiger partial charge in [0, 0.05) is 18.0 Å². The summed E-state index contributed by atoms with van der Waals surface area (Å²) in [5.74, 6) is 0. The van der Waals surface area contributed by atoms with Crippen molar-refractivity contribution in [3.05, 3.63) is 39.7 Å². The van der Waals surface area contributed by atoms with E-state index in [9.17, 15) is 13.2 Å². The van der Waals surface area contributed by atoms with E-state index in [1.807, 2.05) is 6.92 Å². The van der Waals surface area contributed by atoms with E-state index in [0.29, 0.717) is 12.1 Å². The fraction of sp³-hybridized carbons (Fsp3) is 0.400. The van der Waals surface area contributed by atoms with Crippen LogP contribution in [0.1, 0.15) is 30.9 Å². The third-order valence-corrected chi connectivity index (χ3v) is 4.90. The molecule has 0 fully saturated rings. The zero-order chi connectivity index (χ0) is 15.6. The molecule has 114 valence electrons. The van der Waals surface area contributed by atoms with E-state index >= 15 is 0 Å². The van der Waals surface area contributed by atoms with Crippen LogP contribution in [0.25, 0.3) is 10.9 Å². The van der Waals surface area contributed by atoms with E-state index < -0.39 is 10.0 Å². The first-order valence-electron chi connectivity index (χ1n) is 6.99. The van der Waals surface area contributed by atoms with Crippen molar-refractivity contribution in [1.29, 1.82) is 0 Å². The highest BCUT2D eigenvalue weighted by atomic mass is 32.2. The Morgan fingerprint density at radius 2 is 1.86 bits per heavy atom. The molecule has 0 saturated heterocycles. The number of aryl methyl sites for hydroxylation is 2. The van der Waals surface area contributed by atoms with E-state index in [1.54, 1.807) is 26.0 Å². The number of hydrogen-bond donors (Lipinski definition) is 2. The number of aromatic amines is 1. The summed E-state index contributed by atoms with van der Waals surface area (Å²) in [5, 5.41) is 0.755. The number of unbranched alkanes of at least 4 members (excludes halogenated alkanes) is 1. The quantitative estimate of drug-likeness (QED) is 0.831. The minimum absolute atomic E-state index is 0.181. The fourth-order valence-corrected chi connectivity index (χ4v) is 3.47. The van der Waals surface area contributed by atoms with Gasteiger partial charge >= 0.3 is 0 Å². The number of rotatable bonds is 5. The lowest BCUT2D eigenvalue weighted by Gasteiger charge is -2.10. The lowest BCUT2D eigenvalue weighted by Crippen LogP contribution is -2.25. The smallest absolute Gasteiger partial charge is 0.248 e. The third-order valence-electron chi connectivity index (χ3n) is 3.46. The molecule has 2 rings (SSSR count). The Kier molecular flexibility index (Phi) is 4.49. The van der Waals surface area contributed by atoms with Crippen molar-refractivity contribution < 1.29 is 8.42 Å². The molecule has 5 nitrogen and oxygen atoms in total. The molecule has 6 heteroatoms. The topological polar surface area (TPSA) is 79.0 Å². The third kappa shape index (κ3) is 3.33. The minimum Gasteiger partial charge on any atom is -0.322 e.